The van der Waals surface area contributed by atoms with E-state index in [1.165, 1.54) is 19.3 Å². The lowest BCUT2D eigenvalue weighted by Gasteiger charge is -2.34. The van der Waals surface area contributed by atoms with Crippen molar-refractivity contribution in [1.82, 2.24) is 4.90 Å². The quantitative estimate of drug-likeness (QED) is 0.710. The van der Waals surface area contributed by atoms with Crippen LogP contribution in [-0.2, 0) is 4.79 Å². The molecule has 1 aliphatic heterocycles. The summed E-state index contributed by atoms with van der Waals surface area (Å²) in [6, 6.07) is 0.146. The lowest BCUT2D eigenvalue weighted by molar-refractivity contribution is -0.136. The van der Waals surface area contributed by atoms with Gasteiger partial charge in [0.1, 0.15) is 0 Å². The average Bonchev–Trinajstić information content (AvgIpc) is 2.74. The summed E-state index contributed by atoms with van der Waals surface area (Å²) in [7, 11) is 0. The predicted molar refractivity (Wildman–Crippen MR) is 60.3 cm³/mol. The minimum atomic E-state index is -0.350. The molecule has 2 unspecified atom stereocenters. The summed E-state index contributed by atoms with van der Waals surface area (Å²) in [6.45, 7) is 7.05. The Morgan fingerprint density at radius 2 is 2.07 bits per heavy atom. The van der Waals surface area contributed by atoms with E-state index >= 15 is 0 Å². The van der Waals surface area contributed by atoms with E-state index in [1.807, 2.05) is 25.7 Å². The molecule has 2 bridgehead atoms. The predicted octanol–water partition coefficient (Wildman–Crippen LogP) is 1.37. The maximum absolute atomic E-state index is 12.2. The fraction of sp³-hybridized carbons (Fsp3) is 0.917. The zero-order valence-corrected chi connectivity index (χ0v) is 9.99. The lowest BCUT2D eigenvalue weighted by atomic mass is 9.86. The second-order valence-corrected chi connectivity index (χ2v) is 6.17. The van der Waals surface area contributed by atoms with Gasteiger partial charge in [-0.15, -0.1) is 0 Å². The average molecular weight is 210 g/mol. The van der Waals surface area contributed by atoms with Gasteiger partial charge >= 0.3 is 0 Å². The van der Waals surface area contributed by atoms with Gasteiger partial charge in [-0.1, -0.05) is 20.8 Å². The van der Waals surface area contributed by atoms with Crippen molar-refractivity contribution in [2.45, 2.75) is 52.1 Å². The van der Waals surface area contributed by atoms with Gasteiger partial charge in [-0.05, 0) is 30.6 Å². The van der Waals surface area contributed by atoms with Crippen LogP contribution in [0.15, 0.2) is 0 Å². The number of fused-ring (bicyclic) bond motifs is 2. The smallest absolute Gasteiger partial charge is 0.240 e. The molecule has 2 aliphatic rings. The first-order valence-electron chi connectivity index (χ1n) is 5.95. The largest absolute Gasteiger partial charge is 0.338 e. The first-order chi connectivity index (χ1) is 6.89. The van der Waals surface area contributed by atoms with Crippen molar-refractivity contribution in [3.8, 4) is 0 Å². The highest BCUT2D eigenvalue weighted by atomic mass is 16.2. The molecule has 1 saturated carbocycles. The van der Waals surface area contributed by atoms with Crippen molar-refractivity contribution in [3.05, 3.63) is 0 Å². The number of carbonyl (C=O) groups excluding carboxylic acids is 1. The molecule has 1 saturated heterocycles. The Labute approximate surface area is 92.0 Å². The van der Waals surface area contributed by atoms with Crippen LogP contribution in [0.1, 0.15) is 40.0 Å². The van der Waals surface area contributed by atoms with Crippen molar-refractivity contribution < 1.29 is 4.79 Å². The standard InChI is InChI=1S/C12H22N2O/c1-12(2,3)10(13)11(15)14-7-8-4-5-9(14)6-8/h8-10H,4-7,13H2,1-3H3/t8?,9?,10-/m0/s1. The fourth-order valence-electron chi connectivity index (χ4n) is 2.74. The van der Waals surface area contributed by atoms with Gasteiger partial charge < -0.3 is 10.6 Å². The molecule has 0 spiro atoms. The van der Waals surface area contributed by atoms with Crippen LogP contribution in [0.2, 0.25) is 0 Å². The molecule has 1 amide bonds. The van der Waals surface area contributed by atoms with Crippen LogP contribution in [0.25, 0.3) is 0 Å². The Morgan fingerprint density at radius 1 is 1.40 bits per heavy atom. The number of hydrogen-bond acceptors (Lipinski definition) is 2. The molecule has 2 fully saturated rings. The molecule has 86 valence electrons. The van der Waals surface area contributed by atoms with Crippen molar-refractivity contribution >= 4 is 5.91 Å². The number of nitrogens with two attached hydrogens (primary N) is 1. The molecule has 3 atom stereocenters. The zero-order chi connectivity index (χ0) is 11.2. The van der Waals surface area contributed by atoms with E-state index in [9.17, 15) is 4.79 Å². The molecule has 0 radical (unpaired) electrons. The van der Waals surface area contributed by atoms with Gasteiger partial charge in [0, 0.05) is 12.6 Å². The van der Waals surface area contributed by atoms with E-state index in [2.05, 4.69) is 0 Å². The lowest BCUT2D eigenvalue weighted by Crippen LogP contribution is -2.52. The molecule has 3 nitrogen and oxygen atoms in total. The molecule has 0 aromatic rings. The number of piperidine rings is 1. The van der Waals surface area contributed by atoms with Crippen LogP contribution < -0.4 is 5.73 Å². The topological polar surface area (TPSA) is 46.3 Å². The highest BCUT2D eigenvalue weighted by molar-refractivity contribution is 5.83. The molecular formula is C12H22N2O. The highest BCUT2D eigenvalue weighted by Crippen LogP contribution is 2.38. The monoisotopic (exact) mass is 210 g/mol. The molecule has 15 heavy (non-hydrogen) atoms. The van der Waals surface area contributed by atoms with Crippen LogP contribution >= 0.6 is 0 Å². The molecule has 0 aromatic carbocycles. The Balaban J connectivity index is 2.03. The number of nitrogens with zero attached hydrogens (tertiary/aromatic N) is 1. The number of rotatable bonds is 1. The van der Waals surface area contributed by atoms with E-state index in [-0.39, 0.29) is 17.4 Å². The van der Waals surface area contributed by atoms with Crippen LogP contribution in [0.5, 0.6) is 0 Å². The van der Waals surface area contributed by atoms with Crippen molar-refractivity contribution in [3.63, 3.8) is 0 Å². The number of likely N-dealkylation sites (tertiary alicyclic amines) is 1. The van der Waals surface area contributed by atoms with Gasteiger partial charge in [0.25, 0.3) is 0 Å². The second kappa shape index (κ2) is 3.48. The Kier molecular flexibility index (Phi) is 2.53. The summed E-state index contributed by atoms with van der Waals surface area (Å²) in [5, 5.41) is 0. The Hall–Kier alpha value is -0.570. The van der Waals surface area contributed by atoms with Gasteiger partial charge in [0.2, 0.25) is 5.91 Å². The first kappa shape index (κ1) is 10.9. The van der Waals surface area contributed by atoms with E-state index in [0.29, 0.717) is 6.04 Å². The van der Waals surface area contributed by atoms with Crippen molar-refractivity contribution in [2.75, 3.05) is 6.54 Å². The Bertz CT molecular complexity index is 269. The maximum Gasteiger partial charge on any atom is 0.240 e. The summed E-state index contributed by atoms with van der Waals surface area (Å²) in [5.41, 5.74) is 5.89. The van der Waals surface area contributed by atoms with Crippen LogP contribution in [-0.4, -0.2) is 29.4 Å². The maximum atomic E-state index is 12.2. The van der Waals surface area contributed by atoms with E-state index in [4.69, 9.17) is 5.73 Å². The van der Waals surface area contributed by atoms with E-state index in [0.717, 1.165) is 12.5 Å². The zero-order valence-electron chi connectivity index (χ0n) is 9.99. The minimum absolute atomic E-state index is 0.126. The molecule has 0 aromatic heterocycles. The van der Waals surface area contributed by atoms with Crippen LogP contribution in [0.4, 0.5) is 0 Å². The summed E-state index contributed by atoms with van der Waals surface area (Å²) < 4.78 is 0. The van der Waals surface area contributed by atoms with Crippen LogP contribution in [0, 0.1) is 11.3 Å². The number of hydrogen-bond donors (Lipinski definition) is 1. The van der Waals surface area contributed by atoms with Gasteiger partial charge in [-0.25, -0.2) is 0 Å². The minimum Gasteiger partial charge on any atom is -0.338 e. The second-order valence-electron chi connectivity index (χ2n) is 6.17. The van der Waals surface area contributed by atoms with Crippen LogP contribution in [0.3, 0.4) is 0 Å². The van der Waals surface area contributed by atoms with E-state index in [1.54, 1.807) is 0 Å². The molecule has 2 rings (SSSR count). The SMILES string of the molecule is CC(C)(C)[C@@H](N)C(=O)N1CC2CCC1C2. The molecule has 1 aliphatic carbocycles. The third-order valence-corrected chi connectivity index (χ3v) is 3.89. The summed E-state index contributed by atoms with van der Waals surface area (Å²) in [5.74, 6) is 0.917. The van der Waals surface area contributed by atoms with Crippen molar-refractivity contribution in [1.29, 1.82) is 0 Å². The number of carbonyl (C=O) groups is 1. The van der Waals surface area contributed by atoms with Gasteiger partial charge in [0.15, 0.2) is 0 Å². The van der Waals surface area contributed by atoms with Gasteiger partial charge in [-0.2, -0.15) is 0 Å². The molecular weight excluding hydrogens is 188 g/mol. The summed E-state index contributed by atoms with van der Waals surface area (Å²) in [4.78, 5) is 14.2. The molecule has 3 heteroatoms. The summed E-state index contributed by atoms with van der Waals surface area (Å²) >= 11 is 0. The van der Waals surface area contributed by atoms with Crippen molar-refractivity contribution in [2.24, 2.45) is 17.1 Å². The van der Waals surface area contributed by atoms with Gasteiger partial charge in [0.05, 0.1) is 6.04 Å². The molecule has 1 heterocycles. The van der Waals surface area contributed by atoms with E-state index < -0.39 is 0 Å². The number of amides is 1. The highest BCUT2D eigenvalue weighted by Gasteiger charge is 2.43. The normalized spacial score (nSPS) is 32.1. The Morgan fingerprint density at radius 3 is 2.47 bits per heavy atom. The third-order valence-electron chi connectivity index (χ3n) is 3.89. The van der Waals surface area contributed by atoms with Gasteiger partial charge in [-0.3, -0.25) is 4.79 Å². The summed E-state index contributed by atoms with van der Waals surface area (Å²) in [6.07, 6.45) is 3.70. The fourth-order valence-corrected chi connectivity index (χ4v) is 2.74. The first-order valence-corrected chi connectivity index (χ1v) is 5.95. The molecule has 2 N–H and O–H groups in total. The third kappa shape index (κ3) is 1.89.